The predicted octanol–water partition coefficient (Wildman–Crippen LogP) is 6.66. The summed E-state index contributed by atoms with van der Waals surface area (Å²) in [6, 6.07) is 22.2. The summed E-state index contributed by atoms with van der Waals surface area (Å²) < 4.78 is 33.8. The number of hydrogen-bond acceptors (Lipinski definition) is 4. The molecular weight excluding hydrogens is 506 g/mol. The Morgan fingerprint density at radius 2 is 1.57 bits per heavy atom. The van der Waals surface area contributed by atoms with Gasteiger partial charge in [-0.3, -0.25) is 0 Å². The largest absolute Gasteiger partial charge is 0.497 e. The Balaban J connectivity index is 1.50. The highest BCUT2D eigenvalue weighted by Crippen LogP contribution is 2.28. The first-order valence-electron chi connectivity index (χ1n) is 12.5. The van der Waals surface area contributed by atoms with Gasteiger partial charge >= 0.3 is 0 Å². The number of rotatable bonds is 12. The Morgan fingerprint density at radius 3 is 2.22 bits per heavy atom. The van der Waals surface area contributed by atoms with Gasteiger partial charge in [0, 0.05) is 34.8 Å². The molecule has 0 aliphatic rings. The standard InChI is InChI=1S/C29H32ClN3O3S/c1-3-4-5-6-21-7-17-26(18-8-21)37(34,35)31-20-19-27-28(22-11-15-25(36-2)16-12-22)33-29(32-27)23-9-13-24(30)14-10-23/h7-18,31H,3-6,19-20H2,1-2H3,(H,32,33). The SMILES string of the molecule is CCCCCc1ccc(S(=O)(=O)NCCc2[nH]c(-c3ccc(Cl)cc3)nc2-c2ccc(OC)cc2)cc1. The number of imidazole rings is 1. The van der Waals surface area contributed by atoms with Crippen LogP contribution in [0.25, 0.3) is 22.6 Å². The number of halogens is 1. The van der Waals surface area contributed by atoms with Crippen molar-refractivity contribution < 1.29 is 13.2 Å². The van der Waals surface area contributed by atoms with Crippen LogP contribution in [0.15, 0.2) is 77.7 Å². The van der Waals surface area contributed by atoms with Gasteiger partial charge in [-0.25, -0.2) is 18.1 Å². The second-order valence-corrected chi connectivity index (χ2v) is 11.1. The zero-order valence-corrected chi connectivity index (χ0v) is 22.7. The highest BCUT2D eigenvalue weighted by atomic mass is 35.5. The van der Waals surface area contributed by atoms with Gasteiger partial charge in [-0.2, -0.15) is 0 Å². The average molecular weight is 538 g/mol. The number of methoxy groups -OCH3 is 1. The lowest BCUT2D eigenvalue weighted by Gasteiger charge is -2.08. The summed E-state index contributed by atoms with van der Waals surface area (Å²) in [7, 11) is -2.00. The van der Waals surface area contributed by atoms with Crippen LogP contribution in [-0.2, 0) is 22.9 Å². The topological polar surface area (TPSA) is 84.1 Å². The maximum atomic E-state index is 12.9. The number of sulfonamides is 1. The molecule has 6 nitrogen and oxygen atoms in total. The van der Waals surface area contributed by atoms with Crippen LogP contribution in [0, 0.1) is 0 Å². The van der Waals surface area contributed by atoms with E-state index in [-0.39, 0.29) is 11.4 Å². The number of aromatic amines is 1. The Morgan fingerprint density at radius 1 is 0.892 bits per heavy atom. The highest BCUT2D eigenvalue weighted by molar-refractivity contribution is 7.89. The van der Waals surface area contributed by atoms with E-state index in [1.54, 1.807) is 19.2 Å². The number of aryl methyl sites for hydroxylation is 1. The van der Waals surface area contributed by atoms with Crippen molar-refractivity contribution in [2.75, 3.05) is 13.7 Å². The van der Waals surface area contributed by atoms with Gasteiger partial charge in [0.25, 0.3) is 0 Å². The molecule has 194 valence electrons. The second kappa shape index (κ2) is 12.4. The number of unbranched alkanes of at least 4 members (excludes halogenated alkanes) is 2. The van der Waals surface area contributed by atoms with E-state index in [2.05, 4.69) is 16.6 Å². The normalized spacial score (nSPS) is 11.5. The summed E-state index contributed by atoms with van der Waals surface area (Å²) in [5, 5.41) is 0.648. The van der Waals surface area contributed by atoms with E-state index in [9.17, 15) is 8.42 Å². The van der Waals surface area contributed by atoms with Gasteiger partial charge in [-0.1, -0.05) is 43.5 Å². The van der Waals surface area contributed by atoms with Gasteiger partial charge in [0.05, 0.1) is 17.7 Å². The molecule has 0 amide bonds. The van der Waals surface area contributed by atoms with Crippen molar-refractivity contribution in [1.29, 1.82) is 0 Å². The van der Waals surface area contributed by atoms with Crippen molar-refractivity contribution in [2.24, 2.45) is 0 Å². The number of aromatic nitrogens is 2. The van der Waals surface area contributed by atoms with E-state index in [1.807, 2.05) is 60.7 Å². The molecule has 0 saturated heterocycles. The average Bonchev–Trinajstić information content (AvgIpc) is 3.33. The number of nitrogens with one attached hydrogen (secondary N) is 2. The zero-order chi connectivity index (χ0) is 26.3. The van der Waals surface area contributed by atoms with Crippen LogP contribution < -0.4 is 9.46 Å². The third kappa shape index (κ3) is 7.01. The molecular formula is C29H32ClN3O3S. The summed E-state index contributed by atoms with van der Waals surface area (Å²) in [5.74, 6) is 1.45. The van der Waals surface area contributed by atoms with E-state index >= 15 is 0 Å². The molecule has 0 unspecified atom stereocenters. The first kappa shape index (κ1) is 26.9. The summed E-state index contributed by atoms with van der Waals surface area (Å²) in [5.41, 5.74) is 4.56. The molecule has 1 aromatic heterocycles. The molecule has 0 spiro atoms. The lowest BCUT2D eigenvalue weighted by molar-refractivity contribution is 0.415. The smallest absolute Gasteiger partial charge is 0.240 e. The summed E-state index contributed by atoms with van der Waals surface area (Å²) in [6.45, 7) is 2.40. The van der Waals surface area contributed by atoms with E-state index in [4.69, 9.17) is 21.3 Å². The third-order valence-electron chi connectivity index (χ3n) is 6.23. The van der Waals surface area contributed by atoms with Gasteiger partial charge in [0.1, 0.15) is 11.6 Å². The summed E-state index contributed by atoms with van der Waals surface area (Å²) in [4.78, 5) is 8.49. The van der Waals surface area contributed by atoms with E-state index in [0.717, 1.165) is 53.1 Å². The van der Waals surface area contributed by atoms with Crippen molar-refractivity contribution >= 4 is 21.6 Å². The van der Waals surface area contributed by atoms with Crippen LogP contribution in [-0.4, -0.2) is 32.0 Å². The number of hydrogen-bond donors (Lipinski definition) is 2. The van der Waals surface area contributed by atoms with Crippen LogP contribution in [0.4, 0.5) is 0 Å². The molecule has 0 fully saturated rings. The van der Waals surface area contributed by atoms with Crippen molar-refractivity contribution in [1.82, 2.24) is 14.7 Å². The van der Waals surface area contributed by atoms with Crippen LogP contribution in [0.2, 0.25) is 5.02 Å². The first-order valence-corrected chi connectivity index (χ1v) is 14.3. The fourth-order valence-corrected chi connectivity index (χ4v) is 5.29. The van der Waals surface area contributed by atoms with Crippen molar-refractivity contribution in [3.63, 3.8) is 0 Å². The van der Waals surface area contributed by atoms with E-state index in [0.29, 0.717) is 17.3 Å². The lowest BCUT2D eigenvalue weighted by Crippen LogP contribution is -2.26. The van der Waals surface area contributed by atoms with Crippen molar-refractivity contribution in [2.45, 2.75) is 43.9 Å². The second-order valence-electron chi connectivity index (χ2n) is 8.90. The number of H-pyrrole nitrogens is 1. The molecule has 0 saturated carbocycles. The summed E-state index contributed by atoms with van der Waals surface area (Å²) >= 11 is 6.05. The minimum Gasteiger partial charge on any atom is -0.497 e. The monoisotopic (exact) mass is 537 g/mol. The molecule has 4 rings (SSSR count). The Labute approximate surface area is 224 Å². The molecule has 0 bridgehead atoms. The zero-order valence-electron chi connectivity index (χ0n) is 21.1. The molecule has 0 aliphatic heterocycles. The minimum absolute atomic E-state index is 0.228. The van der Waals surface area contributed by atoms with Crippen LogP contribution >= 0.6 is 11.6 Å². The molecule has 1 heterocycles. The predicted molar refractivity (Wildman–Crippen MR) is 150 cm³/mol. The van der Waals surface area contributed by atoms with Gasteiger partial charge in [-0.05, 0) is 79.1 Å². The van der Waals surface area contributed by atoms with Gasteiger partial charge in [-0.15, -0.1) is 0 Å². The molecule has 2 N–H and O–H groups in total. The maximum absolute atomic E-state index is 12.9. The molecule has 3 aromatic carbocycles. The summed E-state index contributed by atoms with van der Waals surface area (Å²) in [6.07, 6.45) is 4.85. The molecule has 0 atom stereocenters. The molecule has 0 radical (unpaired) electrons. The number of nitrogens with zero attached hydrogens (tertiary/aromatic N) is 1. The Hall–Kier alpha value is -3.13. The number of ether oxygens (including phenoxy) is 1. The maximum Gasteiger partial charge on any atom is 0.240 e. The van der Waals surface area contributed by atoms with Gasteiger partial charge in [0.15, 0.2) is 0 Å². The van der Waals surface area contributed by atoms with E-state index < -0.39 is 10.0 Å². The highest BCUT2D eigenvalue weighted by Gasteiger charge is 2.17. The van der Waals surface area contributed by atoms with Gasteiger partial charge < -0.3 is 9.72 Å². The molecule has 37 heavy (non-hydrogen) atoms. The van der Waals surface area contributed by atoms with Crippen LogP contribution in [0.3, 0.4) is 0 Å². The number of benzene rings is 3. The molecule has 8 heteroatoms. The van der Waals surface area contributed by atoms with Crippen LogP contribution in [0.5, 0.6) is 5.75 Å². The Bertz CT molecular complexity index is 1400. The first-order chi connectivity index (χ1) is 17.9. The minimum atomic E-state index is -3.62. The lowest BCUT2D eigenvalue weighted by atomic mass is 10.1. The molecule has 0 aliphatic carbocycles. The van der Waals surface area contributed by atoms with Crippen molar-refractivity contribution in [3.8, 4) is 28.4 Å². The fourth-order valence-electron chi connectivity index (χ4n) is 4.13. The van der Waals surface area contributed by atoms with Crippen molar-refractivity contribution in [3.05, 3.63) is 89.1 Å². The molecule has 4 aromatic rings. The quantitative estimate of drug-likeness (QED) is 0.198. The third-order valence-corrected chi connectivity index (χ3v) is 7.96. The Kier molecular flexibility index (Phi) is 9.03. The van der Waals surface area contributed by atoms with E-state index in [1.165, 1.54) is 6.42 Å². The fraction of sp³-hybridized carbons (Fsp3) is 0.276. The van der Waals surface area contributed by atoms with Gasteiger partial charge in [0.2, 0.25) is 10.0 Å². The van der Waals surface area contributed by atoms with Crippen LogP contribution in [0.1, 0.15) is 37.4 Å².